The zero-order valence-corrected chi connectivity index (χ0v) is 8.19. The first-order chi connectivity index (χ1) is 6.73. The largest absolute Gasteiger partial charge is 0.478 e. The average Bonchev–Trinajstić information content (AvgIpc) is 2.15. The second kappa shape index (κ2) is 7.31. The molecule has 0 aliphatic carbocycles. The monoisotopic (exact) mass is 216 g/mol. The lowest BCUT2D eigenvalue weighted by molar-refractivity contribution is -0.140. The molecule has 0 unspecified atom stereocenters. The van der Waals surface area contributed by atoms with Gasteiger partial charge in [-0.25, -0.2) is 14.4 Å². The van der Waals surface area contributed by atoms with E-state index in [2.05, 4.69) is 13.2 Å². The standard InChI is InChI=1S/C5H8O2.C4H4O4/c1-3-4(2)5(6)7;1-2(3(5)6)4(7)8/h2-3H2,1H3,(H,6,7);1H2,(H,5,6)(H,7,8). The number of hydrogen-bond acceptors (Lipinski definition) is 3. The molecule has 0 saturated carbocycles. The van der Waals surface area contributed by atoms with E-state index < -0.39 is 23.5 Å². The van der Waals surface area contributed by atoms with E-state index in [1.807, 2.05) is 0 Å². The summed E-state index contributed by atoms with van der Waals surface area (Å²) in [4.78, 5) is 29.2. The Hall–Kier alpha value is -2.11. The summed E-state index contributed by atoms with van der Waals surface area (Å²) >= 11 is 0. The Balaban J connectivity index is 0. The zero-order valence-electron chi connectivity index (χ0n) is 8.19. The van der Waals surface area contributed by atoms with Gasteiger partial charge in [-0.15, -0.1) is 0 Å². The van der Waals surface area contributed by atoms with Gasteiger partial charge in [0, 0.05) is 5.57 Å². The summed E-state index contributed by atoms with van der Waals surface area (Å²) in [7, 11) is 0. The van der Waals surface area contributed by atoms with Crippen molar-refractivity contribution in [1.29, 1.82) is 0 Å². The molecule has 0 aromatic rings. The van der Waals surface area contributed by atoms with Crippen molar-refractivity contribution in [2.24, 2.45) is 0 Å². The molecule has 0 heterocycles. The molecule has 84 valence electrons. The first-order valence-corrected chi connectivity index (χ1v) is 3.80. The number of carbonyl (C=O) groups is 3. The molecule has 6 heteroatoms. The van der Waals surface area contributed by atoms with E-state index in [-0.39, 0.29) is 5.57 Å². The SMILES string of the molecule is C=C(C(=O)O)C(=O)O.C=C(CC)C(=O)O. The number of carboxylic acid groups (broad SMARTS) is 3. The van der Waals surface area contributed by atoms with Gasteiger partial charge in [-0.1, -0.05) is 20.1 Å². The van der Waals surface area contributed by atoms with E-state index in [1.165, 1.54) is 0 Å². The van der Waals surface area contributed by atoms with Gasteiger partial charge in [0.2, 0.25) is 0 Å². The molecule has 0 aliphatic heterocycles. The van der Waals surface area contributed by atoms with Crippen molar-refractivity contribution < 1.29 is 29.7 Å². The van der Waals surface area contributed by atoms with Crippen molar-refractivity contribution in [2.45, 2.75) is 13.3 Å². The Morgan fingerprint density at radius 1 is 0.933 bits per heavy atom. The number of aliphatic carboxylic acids is 3. The van der Waals surface area contributed by atoms with Gasteiger partial charge in [0.05, 0.1) is 0 Å². The quantitative estimate of drug-likeness (QED) is 0.363. The predicted octanol–water partition coefficient (Wildman–Crippen LogP) is 0.749. The maximum Gasteiger partial charge on any atom is 0.342 e. The second-order valence-corrected chi connectivity index (χ2v) is 2.35. The molecule has 0 atom stereocenters. The molecular weight excluding hydrogens is 204 g/mol. The van der Waals surface area contributed by atoms with Gasteiger partial charge in [-0.2, -0.15) is 0 Å². The van der Waals surface area contributed by atoms with Crippen LogP contribution in [-0.2, 0) is 14.4 Å². The molecule has 0 bridgehead atoms. The molecule has 6 nitrogen and oxygen atoms in total. The number of carboxylic acids is 3. The summed E-state index contributed by atoms with van der Waals surface area (Å²) in [5.74, 6) is -3.91. The molecular formula is C9H12O6. The van der Waals surface area contributed by atoms with E-state index in [0.29, 0.717) is 6.42 Å². The molecule has 0 amide bonds. The smallest absolute Gasteiger partial charge is 0.342 e. The number of hydrogen-bond donors (Lipinski definition) is 3. The highest BCUT2D eigenvalue weighted by Crippen LogP contribution is 1.93. The van der Waals surface area contributed by atoms with Crippen LogP contribution in [0.25, 0.3) is 0 Å². The first kappa shape index (κ1) is 15.4. The summed E-state index contributed by atoms with van der Waals surface area (Å²) in [6.07, 6.45) is 0.523. The Morgan fingerprint density at radius 3 is 1.27 bits per heavy atom. The van der Waals surface area contributed by atoms with Crippen LogP contribution < -0.4 is 0 Å². The fourth-order valence-electron chi connectivity index (χ4n) is 0.243. The highest BCUT2D eigenvalue weighted by molar-refractivity contribution is 6.11. The van der Waals surface area contributed by atoms with E-state index in [9.17, 15) is 14.4 Å². The topological polar surface area (TPSA) is 112 Å². The van der Waals surface area contributed by atoms with Crippen LogP contribution >= 0.6 is 0 Å². The maximum atomic E-state index is 9.83. The molecule has 0 fully saturated rings. The number of rotatable bonds is 4. The Bertz CT molecular complexity index is 286. The van der Waals surface area contributed by atoms with E-state index in [0.717, 1.165) is 0 Å². The highest BCUT2D eigenvalue weighted by Gasteiger charge is 2.10. The van der Waals surface area contributed by atoms with Gasteiger partial charge in [0.25, 0.3) is 0 Å². The third kappa shape index (κ3) is 8.23. The minimum atomic E-state index is -1.50. The second-order valence-electron chi connectivity index (χ2n) is 2.35. The van der Waals surface area contributed by atoms with E-state index >= 15 is 0 Å². The van der Waals surface area contributed by atoms with Gasteiger partial charge < -0.3 is 15.3 Å². The van der Waals surface area contributed by atoms with Crippen molar-refractivity contribution in [2.75, 3.05) is 0 Å². The molecule has 0 aromatic carbocycles. The van der Waals surface area contributed by atoms with Gasteiger partial charge in [-0.05, 0) is 6.42 Å². The van der Waals surface area contributed by atoms with Crippen molar-refractivity contribution in [1.82, 2.24) is 0 Å². The first-order valence-electron chi connectivity index (χ1n) is 3.80. The average molecular weight is 216 g/mol. The minimum Gasteiger partial charge on any atom is -0.478 e. The molecule has 0 rings (SSSR count). The molecule has 0 saturated heterocycles. The third-order valence-electron chi connectivity index (χ3n) is 1.25. The molecule has 3 N–H and O–H groups in total. The summed E-state index contributed by atoms with van der Waals surface area (Å²) in [5.41, 5.74) is -0.551. The Morgan fingerprint density at radius 2 is 1.27 bits per heavy atom. The fourth-order valence-corrected chi connectivity index (χ4v) is 0.243. The molecule has 0 spiro atoms. The minimum absolute atomic E-state index is 0.264. The predicted molar refractivity (Wildman–Crippen MR) is 51.5 cm³/mol. The van der Waals surface area contributed by atoms with Crippen LogP contribution in [0.3, 0.4) is 0 Å². The summed E-state index contributed by atoms with van der Waals surface area (Å²) in [6, 6.07) is 0. The van der Waals surface area contributed by atoms with Crippen molar-refractivity contribution >= 4 is 17.9 Å². The summed E-state index contributed by atoms with van der Waals surface area (Å²) in [6.45, 7) is 7.79. The lowest BCUT2D eigenvalue weighted by Crippen LogP contribution is -2.08. The van der Waals surface area contributed by atoms with Gasteiger partial charge in [0.15, 0.2) is 0 Å². The van der Waals surface area contributed by atoms with Gasteiger partial charge in [-0.3, -0.25) is 0 Å². The van der Waals surface area contributed by atoms with Crippen LogP contribution in [0.4, 0.5) is 0 Å². The van der Waals surface area contributed by atoms with E-state index in [1.54, 1.807) is 6.92 Å². The molecule has 0 aliphatic rings. The van der Waals surface area contributed by atoms with Crippen LogP contribution in [0.15, 0.2) is 24.3 Å². The maximum absolute atomic E-state index is 9.83. The molecule has 15 heavy (non-hydrogen) atoms. The van der Waals surface area contributed by atoms with Gasteiger partial charge >= 0.3 is 17.9 Å². The highest BCUT2D eigenvalue weighted by atomic mass is 16.4. The van der Waals surface area contributed by atoms with Crippen LogP contribution in [0.5, 0.6) is 0 Å². The lowest BCUT2D eigenvalue weighted by atomic mass is 10.2. The molecule has 0 radical (unpaired) electrons. The Labute approximate surface area is 86.2 Å². The zero-order chi connectivity index (χ0) is 12.6. The van der Waals surface area contributed by atoms with Crippen LogP contribution in [-0.4, -0.2) is 33.2 Å². The molecule has 0 aromatic heterocycles. The van der Waals surface area contributed by atoms with Gasteiger partial charge in [0.1, 0.15) is 5.57 Å². The van der Waals surface area contributed by atoms with Crippen LogP contribution in [0.1, 0.15) is 13.3 Å². The third-order valence-corrected chi connectivity index (χ3v) is 1.25. The van der Waals surface area contributed by atoms with Crippen LogP contribution in [0, 0.1) is 0 Å². The summed E-state index contributed by atoms with van der Waals surface area (Å²) < 4.78 is 0. The van der Waals surface area contributed by atoms with Crippen molar-refractivity contribution in [3.8, 4) is 0 Å². The van der Waals surface area contributed by atoms with Crippen LogP contribution in [0.2, 0.25) is 0 Å². The normalized spacial score (nSPS) is 8.07. The summed E-state index contributed by atoms with van der Waals surface area (Å²) in [5, 5.41) is 23.8. The lowest BCUT2D eigenvalue weighted by Gasteiger charge is -1.87. The Kier molecular flexibility index (Phi) is 7.49. The van der Waals surface area contributed by atoms with Crippen molar-refractivity contribution in [3.05, 3.63) is 24.3 Å². The fraction of sp³-hybridized carbons (Fsp3) is 0.222. The van der Waals surface area contributed by atoms with E-state index in [4.69, 9.17) is 15.3 Å². The van der Waals surface area contributed by atoms with Crippen molar-refractivity contribution in [3.63, 3.8) is 0 Å².